The molecule has 2 aromatic rings. The predicted octanol–water partition coefficient (Wildman–Crippen LogP) is 4.36. The van der Waals surface area contributed by atoms with E-state index in [1.807, 2.05) is 0 Å². The zero-order valence-electron chi connectivity index (χ0n) is 13.2. The van der Waals surface area contributed by atoms with Gasteiger partial charge in [-0.1, -0.05) is 69.3 Å². The molecule has 0 bridgehead atoms. The van der Waals surface area contributed by atoms with Crippen molar-refractivity contribution >= 4 is 0 Å². The van der Waals surface area contributed by atoms with Crippen LogP contribution in [0.3, 0.4) is 0 Å². The van der Waals surface area contributed by atoms with Crippen LogP contribution in [0.5, 0.6) is 0 Å². The fraction of sp³-hybridized carbons (Fsp3) is 0.400. The van der Waals surface area contributed by atoms with E-state index in [1.165, 1.54) is 16.7 Å². The summed E-state index contributed by atoms with van der Waals surface area (Å²) in [5, 5.41) is 11.1. The Morgan fingerprint density at radius 1 is 0.905 bits per heavy atom. The fourth-order valence-corrected chi connectivity index (χ4v) is 3.25. The van der Waals surface area contributed by atoms with Gasteiger partial charge in [-0.15, -0.1) is 0 Å². The normalized spacial score (nSPS) is 21.9. The number of hydrogen-bond donors (Lipinski definition) is 1. The van der Waals surface area contributed by atoms with Crippen molar-refractivity contribution in [2.75, 3.05) is 0 Å². The highest BCUT2D eigenvalue weighted by molar-refractivity contribution is 5.37. The highest BCUT2D eigenvalue weighted by Gasteiger charge is 2.33. The third-order valence-electron chi connectivity index (χ3n) is 4.70. The van der Waals surface area contributed by atoms with Crippen LogP contribution in [-0.2, 0) is 23.9 Å². The molecule has 2 aromatic carbocycles. The van der Waals surface area contributed by atoms with Gasteiger partial charge in [0.15, 0.2) is 0 Å². The number of hydrogen-bond acceptors (Lipinski definition) is 1. The van der Waals surface area contributed by atoms with Crippen molar-refractivity contribution in [1.82, 2.24) is 0 Å². The minimum absolute atomic E-state index is 0.153. The molecular formula is C20H24O. The van der Waals surface area contributed by atoms with Crippen LogP contribution in [0.1, 0.15) is 49.4 Å². The molecule has 21 heavy (non-hydrogen) atoms. The van der Waals surface area contributed by atoms with Gasteiger partial charge < -0.3 is 5.11 Å². The van der Waals surface area contributed by atoms with E-state index < -0.39 is 5.60 Å². The van der Waals surface area contributed by atoms with Crippen molar-refractivity contribution in [2.45, 2.75) is 51.0 Å². The Morgan fingerprint density at radius 2 is 1.52 bits per heavy atom. The Balaban J connectivity index is 1.90. The molecule has 0 saturated heterocycles. The van der Waals surface area contributed by atoms with Crippen LogP contribution in [0, 0.1) is 0 Å². The van der Waals surface area contributed by atoms with Crippen molar-refractivity contribution in [3.05, 3.63) is 70.8 Å². The van der Waals surface area contributed by atoms with E-state index >= 15 is 0 Å². The van der Waals surface area contributed by atoms with Gasteiger partial charge in [-0.2, -0.15) is 0 Å². The number of fused-ring (bicyclic) bond motifs is 1. The summed E-state index contributed by atoms with van der Waals surface area (Å²) in [5.41, 5.74) is 4.46. The molecule has 1 atom stereocenters. The van der Waals surface area contributed by atoms with Crippen molar-refractivity contribution in [1.29, 1.82) is 0 Å². The van der Waals surface area contributed by atoms with Crippen molar-refractivity contribution in [2.24, 2.45) is 0 Å². The lowest BCUT2D eigenvalue weighted by molar-refractivity contribution is 0.0222. The Labute approximate surface area is 127 Å². The van der Waals surface area contributed by atoms with E-state index in [2.05, 4.69) is 69.3 Å². The summed E-state index contributed by atoms with van der Waals surface area (Å²) in [5.74, 6) is 0. The molecule has 3 rings (SSSR count). The third-order valence-corrected chi connectivity index (χ3v) is 4.70. The minimum atomic E-state index is -0.717. The van der Waals surface area contributed by atoms with E-state index in [9.17, 15) is 5.11 Å². The second-order valence-electron chi connectivity index (χ2n) is 7.30. The standard InChI is InChI=1S/C20H24O/c1-19(2,3)17-8-10-18(11-9-17)20(21)13-12-15-6-4-5-7-16(15)14-20/h4-11,21H,12-14H2,1-3H3. The van der Waals surface area contributed by atoms with Gasteiger partial charge in [0.1, 0.15) is 0 Å². The van der Waals surface area contributed by atoms with E-state index in [0.29, 0.717) is 0 Å². The highest BCUT2D eigenvalue weighted by atomic mass is 16.3. The molecular weight excluding hydrogens is 256 g/mol. The summed E-state index contributed by atoms with van der Waals surface area (Å²) in [4.78, 5) is 0. The average Bonchev–Trinajstić information content (AvgIpc) is 2.46. The maximum Gasteiger partial charge on any atom is 0.0940 e. The monoisotopic (exact) mass is 280 g/mol. The van der Waals surface area contributed by atoms with E-state index in [0.717, 1.165) is 24.8 Å². The summed E-state index contributed by atoms with van der Waals surface area (Å²) in [6.45, 7) is 6.65. The molecule has 1 aliphatic carbocycles. The van der Waals surface area contributed by atoms with Crippen molar-refractivity contribution in [3.63, 3.8) is 0 Å². The maximum absolute atomic E-state index is 11.1. The number of aliphatic hydroxyl groups is 1. The van der Waals surface area contributed by atoms with Gasteiger partial charge in [0.2, 0.25) is 0 Å². The average molecular weight is 280 g/mol. The zero-order valence-corrected chi connectivity index (χ0v) is 13.2. The Bertz CT molecular complexity index is 634. The quantitative estimate of drug-likeness (QED) is 0.823. The lowest BCUT2D eigenvalue weighted by Crippen LogP contribution is -2.33. The number of aryl methyl sites for hydroxylation is 1. The molecule has 0 spiro atoms. The first-order chi connectivity index (χ1) is 9.88. The molecule has 0 fully saturated rings. The third kappa shape index (κ3) is 2.75. The van der Waals surface area contributed by atoms with Crippen LogP contribution in [0.15, 0.2) is 48.5 Å². The lowest BCUT2D eigenvalue weighted by Gasteiger charge is -2.34. The molecule has 1 nitrogen and oxygen atoms in total. The Morgan fingerprint density at radius 3 is 2.14 bits per heavy atom. The Hall–Kier alpha value is -1.60. The van der Waals surface area contributed by atoms with Crippen molar-refractivity contribution < 1.29 is 5.11 Å². The topological polar surface area (TPSA) is 20.2 Å². The predicted molar refractivity (Wildman–Crippen MR) is 87.5 cm³/mol. The largest absolute Gasteiger partial charge is 0.385 e. The van der Waals surface area contributed by atoms with Crippen LogP contribution < -0.4 is 0 Å². The van der Waals surface area contributed by atoms with E-state index in [1.54, 1.807) is 0 Å². The van der Waals surface area contributed by atoms with Gasteiger partial charge in [-0.3, -0.25) is 0 Å². The fourth-order valence-electron chi connectivity index (χ4n) is 3.25. The van der Waals surface area contributed by atoms with Crippen LogP contribution in [0.2, 0.25) is 0 Å². The van der Waals surface area contributed by atoms with Crippen LogP contribution in [-0.4, -0.2) is 5.11 Å². The molecule has 0 amide bonds. The van der Waals surface area contributed by atoms with Gasteiger partial charge >= 0.3 is 0 Å². The second-order valence-corrected chi connectivity index (χ2v) is 7.30. The first kappa shape index (κ1) is 14.3. The smallest absolute Gasteiger partial charge is 0.0940 e. The first-order valence-electron chi connectivity index (χ1n) is 7.79. The summed E-state index contributed by atoms with van der Waals surface area (Å²) >= 11 is 0. The van der Waals surface area contributed by atoms with Gasteiger partial charge in [0.25, 0.3) is 0 Å². The molecule has 1 aliphatic rings. The number of rotatable bonds is 1. The molecule has 110 valence electrons. The molecule has 0 saturated carbocycles. The summed E-state index contributed by atoms with van der Waals surface area (Å²) in [6.07, 6.45) is 2.48. The minimum Gasteiger partial charge on any atom is -0.385 e. The SMILES string of the molecule is CC(C)(C)c1ccc(C2(O)CCc3ccccc3C2)cc1. The van der Waals surface area contributed by atoms with Crippen LogP contribution in [0.4, 0.5) is 0 Å². The summed E-state index contributed by atoms with van der Waals surface area (Å²) < 4.78 is 0. The molecule has 0 heterocycles. The van der Waals surface area contributed by atoms with E-state index in [-0.39, 0.29) is 5.41 Å². The van der Waals surface area contributed by atoms with Crippen LogP contribution >= 0.6 is 0 Å². The van der Waals surface area contributed by atoms with Crippen molar-refractivity contribution in [3.8, 4) is 0 Å². The van der Waals surface area contributed by atoms with E-state index in [4.69, 9.17) is 0 Å². The Kier molecular flexibility index (Phi) is 3.41. The zero-order chi connectivity index (χ0) is 15.1. The number of benzene rings is 2. The lowest BCUT2D eigenvalue weighted by atomic mass is 9.76. The molecule has 1 unspecified atom stereocenters. The molecule has 0 aromatic heterocycles. The van der Waals surface area contributed by atoms with Gasteiger partial charge in [0, 0.05) is 6.42 Å². The molecule has 0 aliphatic heterocycles. The van der Waals surface area contributed by atoms with Gasteiger partial charge in [-0.05, 0) is 40.5 Å². The first-order valence-corrected chi connectivity index (χ1v) is 7.79. The molecule has 0 radical (unpaired) electrons. The van der Waals surface area contributed by atoms with Gasteiger partial charge in [0.05, 0.1) is 5.60 Å². The summed E-state index contributed by atoms with van der Waals surface area (Å²) in [6, 6.07) is 17.0. The maximum atomic E-state index is 11.1. The summed E-state index contributed by atoms with van der Waals surface area (Å²) in [7, 11) is 0. The second kappa shape index (κ2) is 4.99. The molecule has 1 heteroatoms. The molecule has 1 N–H and O–H groups in total. The van der Waals surface area contributed by atoms with Crippen LogP contribution in [0.25, 0.3) is 0 Å². The highest BCUT2D eigenvalue weighted by Crippen LogP contribution is 2.37. The van der Waals surface area contributed by atoms with Gasteiger partial charge in [-0.25, -0.2) is 0 Å².